The molecule has 0 aliphatic rings. The molecular weight excluding hydrogens is 239 g/mol. The highest BCUT2D eigenvalue weighted by Crippen LogP contribution is 2.16. The number of allylic oxidation sites excluding steroid dienone is 1. The van der Waals surface area contributed by atoms with E-state index in [-0.39, 0.29) is 0 Å². The third kappa shape index (κ3) is 2.35. The zero-order valence-electron chi connectivity index (χ0n) is 6.80. The predicted molar refractivity (Wildman–Crippen MR) is 55.3 cm³/mol. The minimum atomic E-state index is 0.659. The van der Waals surface area contributed by atoms with Crippen molar-refractivity contribution in [1.82, 2.24) is 9.78 Å². The Balaban J connectivity index is 2.73. The van der Waals surface area contributed by atoms with Crippen LogP contribution in [-0.4, -0.2) is 15.7 Å². The Kier molecular flexibility index (Phi) is 3.82. The Morgan fingerprint density at radius 2 is 2.50 bits per heavy atom. The fourth-order valence-corrected chi connectivity index (χ4v) is 1.47. The fourth-order valence-electron chi connectivity index (χ4n) is 0.866. The van der Waals surface area contributed by atoms with Gasteiger partial charge in [0.1, 0.15) is 0 Å². The molecule has 4 heteroatoms. The Morgan fingerprint density at radius 1 is 1.75 bits per heavy atom. The normalized spacial score (nSPS) is 11.2. The first-order valence-corrected chi connectivity index (χ1v) is 4.98. The highest BCUT2D eigenvalue weighted by Gasteiger charge is 1.99. The smallest absolute Gasteiger partial charge is 0.0745 e. The molecule has 1 heterocycles. The Morgan fingerprint density at radius 3 is 3.00 bits per heavy atom. The average molecular weight is 250 g/mol. The molecular formula is C8H10BrClN2. The summed E-state index contributed by atoms with van der Waals surface area (Å²) in [5, 5.41) is 4.08. The molecule has 0 atom stereocenters. The van der Waals surface area contributed by atoms with Crippen molar-refractivity contribution >= 4 is 33.6 Å². The van der Waals surface area contributed by atoms with E-state index in [4.69, 9.17) is 11.6 Å². The molecule has 0 saturated carbocycles. The van der Waals surface area contributed by atoms with Crippen LogP contribution >= 0.6 is 27.5 Å². The number of hydrogen-bond acceptors (Lipinski definition) is 1. The molecule has 0 amide bonds. The minimum absolute atomic E-state index is 0.659. The second-order valence-electron chi connectivity index (χ2n) is 2.38. The van der Waals surface area contributed by atoms with Crippen LogP contribution in [-0.2, 0) is 7.05 Å². The number of hydrogen-bond donors (Lipinski definition) is 0. The Hall–Kier alpha value is -0.280. The third-order valence-electron chi connectivity index (χ3n) is 1.49. The van der Waals surface area contributed by atoms with Crippen LogP contribution in [0.3, 0.4) is 0 Å². The van der Waals surface area contributed by atoms with E-state index in [0.29, 0.717) is 5.88 Å². The summed E-state index contributed by atoms with van der Waals surface area (Å²) in [6.07, 6.45) is 6.72. The number of aromatic nitrogens is 2. The zero-order chi connectivity index (χ0) is 8.97. The average Bonchev–Trinajstić information content (AvgIpc) is 2.35. The van der Waals surface area contributed by atoms with Gasteiger partial charge in [-0.2, -0.15) is 5.10 Å². The van der Waals surface area contributed by atoms with Gasteiger partial charge in [-0.25, -0.2) is 0 Å². The molecule has 0 unspecified atom stereocenters. The van der Waals surface area contributed by atoms with Gasteiger partial charge in [-0.1, -0.05) is 6.08 Å². The molecule has 1 rings (SSSR count). The van der Waals surface area contributed by atoms with Crippen molar-refractivity contribution in [2.24, 2.45) is 7.05 Å². The summed E-state index contributed by atoms with van der Waals surface area (Å²) in [6, 6.07) is 0. The van der Waals surface area contributed by atoms with Crippen LogP contribution in [0.25, 0.3) is 6.08 Å². The highest BCUT2D eigenvalue weighted by molar-refractivity contribution is 9.10. The summed E-state index contributed by atoms with van der Waals surface area (Å²) in [7, 11) is 1.91. The summed E-state index contributed by atoms with van der Waals surface area (Å²) < 4.78 is 2.82. The first-order chi connectivity index (χ1) is 5.75. The van der Waals surface area contributed by atoms with Crippen LogP contribution in [0.2, 0.25) is 0 Å². The maximum absolute atomic E-state index is 5.54. The first-order valence-electron chi connectivity index (χ1n) is 3.65. The molecule has 0 aliphatic carbocycles. The summed E-state index contributed by atoms with van der Waals surface area (Å²) in [5.41, 5.74) is 1.07. The lowest BCUT2D eigenvalue weighted by molar-refractivity contribution is 0.759. The quantitative estimate of drug-likeness (QED) is 0.753. The molecule has 0 bridgehead atoms. The molecule has 0 saturated heterocycles. The van der Waals surface area contributed by atoms with Crippen molar-refractivity contribution in [3.8, 4) is 0 Å². The van der Waals surface area contributed by atoms with E-state index in [1.165, 1.54) is 0 Å². The van der Waals surface area contributed by atoms with Crippen LogP contribution in [0.5, 0.6) is 0 Å². The van der Waals surface area contributed by atoms with Gasteiger partial charge in [-0.15, -0.1) is 11.6 Å². The first kappa shape index (κ1) is 9.81. The number of alkyl halides is 1. The highest BCUT2D eigenvalue weighted by atomic mass is 79.9. The van der Waals surface area contributed by atoms with E-state index in [1.807, 2.05) is 23.9 Å². The van der Waals surface area contributed by atoms with Gasteiger partial charge < -0.3 is 0 Å². The molecule has 12 heavy (non-hydrogen) atoms. The van der Waals surface area contributed by atoms with Crippen LogP contribution in [0.1, 0.15) is 12.1 Å². The van der Waals surface area contributed by atoms with Crippen molar-refractivity contribution in [3.05, 3.63) is 22.4 Å². The van der Waals surface area contributed by atoms with Crippen molar-refractivity contribution in [1.29, 1.82) is 0 Å². The van der Waals surface area contributed by atoms with E-state index >= 15 is 0 Å². The van der Waals surface area contributed by atoms with E-state index in [2.05, 4.69) is 21.0 Å². The second-order valence-corrected chi connectivity index (χ2v) is 3.61. The second kappa shape index (κ2) is 4.67. The summed E-state index contributed by atoms with van der Waals surface area (Å²) in [5.74, 6) is 0.659. The summed E-state index contributed by atoms with van der Waals surface area (Å²) in [6.45, 7) is 0. The van der Waals surface area contributed by atoms with E-state index in [0.717, 1.165) is 16.6 Å². The van der Waals surface area contributed by atoms with Crippen LogP contribution in [0.15, 0.2) is 16.7 Å². The van der Waals surface area contributed by atoms with Crippen molar-refractivity contribution in [3.63, 3.8) is 0 Å². The van der Waals surface area contributed by atoms with E-state index < -0.39 is 0 Å². The maximum Gasteiger partial charge on any atom is 0.0745 e. The van der Waals surface area contributed by atoms with Crippen molar-refractivity contribution < 1.29 is 0 Å². The molecule has 0 N–H and O–H groups in total. The van der Waals surface area contributed by atoms with Crippen molar-refractivity contribution in [2.45, 2.75) is 6.42 Å². The molecule has 2 nitrogen and oxygen atoms in total. The van der Waals surface area contributed by atoms with Gasteiger partial charge >= 0.3 is 0 Å². The van der Waals surface area contributed by atoms with Crippen LogP contribution in [0, 0.1) is 0 Å². The SMILES string of the molecule is Cn1ncc(Br)c1/C=C/CCCl. The van der Waals surface area contributed by atoms with E-state index in [1.54, 1.807) is 6.20 Å². The van der Waals surface area contributed by atoms with Gasteiger partial charge in [0.05, 0.1) is 16.4 Å². The van der Waals surface area contributed by atoms with Gasteiger partial charge in [-0.05, 0) is 28.4 Å². The molecule has 0 fully saturated rings. The number of nitrogens with zero attached hydrogens (tertiary/aromatic N) is 2. The lowest BCUT2D eigenvalue weighted by atomic mass is 10.3. The van der Waals surface area contributed by atoms with Crippen molar-refractivity contribution in [2.75, 3.05) is 5.88 Å². The Bertz CT molecular complexity index is 261. The largest absolute Gasteiger partial charge is 0.267 e. The fraction of sp³-hybridized carbons (Fsp3) is 0.375. The Labute approximate surface area is 85.3 Å². The zero-order valence-corrected chi connectivity index (χ0v) is 9.14. The molecule has 0 radical (unpaired) electrons. The van der Waals surface area contributed by atoms with Gasteiger partial charge in [-0.3, -0.25) is 4.68 Å². The van der Waals surface area contributed by atoms with E-state index in [9.17, 15) is 0 Å². The number of aryl methyl sites for hydroxylation is 1. The molecule has 0 spiro atoms. The number of rotatable bonds is 3. The van der Waals surface area contributed by atoms with Crippen LogP contribution in [0.4, 0.5) is 0 Å². The van der Waals surface area contributed by atoms with Gasteiger partial charge in [0.25, 0.3) is 0 Å². The molecule has 66 valence electrons. The lowest BCUT2D eigenvalue weighted by Crippen LogP contribution is -1.92. The third-order valence-corrected chi connectivity index (χ3v) is 2.32. The number of halogens is 2. The minimum Gasteiger partial charge on any atom is -0.267 e. The van der Waals surface area contributed by atoms with Gasteiger partial charge in [0.2, 0.25) is 0 Å². The maximum atomic E-state index is 5.54. The van der Waals surface area contributed by atoms with Gasteiger partial charge in [0, 0.05) is 12.9 Å². The molecule has 1 aromatic heterocycles. The predicted octanol–water partition coefficient (Wildman–Crippen LogP) is 2.82. The van der Waals surface area contributed by atoms with Crippen LogP contribution < -0.4 is 0 Å². The standard InChI is InChI=1S/C8H10BrClN2/c1-12-8(4-2-3-5-10)7(9)6-11-12/h2,4,6H,3,5H2,1H3/b4-2+. The lowest BCUT2D eigenvalue weighted by Gasteiger charge is -1.94. The topological polar surface area (TPSA) is 17.8 Å². The monoisotopic (exact) mass is 248 g/mol. The van der Waals surface area contributed by atoms with Gasteiger partial charge in [0.15, 0.2) is 0 Å². The molecule has 1 aromatic rings. The summed E-state index contributed by atoms with van der Waals surface area (Å²) >= 11 is 8.94. The molecule has 0 aliphatic heterocycles. The summed E-state index contributed by atoms with van der Waals surface area (Å²) in [4.78, 5) is 0. The molecule has 0 aromatic carbocycles.